The van der Waals surface area contributed by atoms with E-state index in [2.05, 4.69) is 65.1 Å². The Morgan fingerprint density at radius 3 is 2.37 bits per heavy atom. The minimum Gasteiger partial charge on any atom is -0.744 e. The number of anilines is 1. The van der Waals surface area contributed by atoms with Gasteiger partial charge in [0.25, 0.3) is 5.56 Å². The molecule has 0 N–H and O–H groups in total. The predicted molar refractivity (Wildman–Crippen MR) is 165 cm³/mol. The molecule has 1 aliphatic heterocycles. The van der Waals surface area contributed by atoms with Gasteiger partial charge in [-0.3, -0.25) is 9.36 Å². The molecular weight excluding hydrogens is 575 g/mol. The van der Waals surface area contributed by atoms with Crippen LogP contribution in [0.4, 0.5) is 5.69 Å². The summed E-state index contributed by atoms with van der Waals surface area (Å²) in [6, 6.07) is 24.6. The fourth-order valence-electron chi connectivity index (χ4n) is 4.62. The average molecular weight is 604 g/mol. The number of hydrogen-bond acceptors (Lipinski definition) is 7. The number of thioether (sulfide) groups is 1. The molecule has 0 unspecified atom stereocenters. The molecule has 0 bridgehead atoms. The van der Waals surface area contributed by atoms with Gasteiger partial charge >= 0.3 is 0 Å². The van der Waals surface area contributed by atoms with Crippen LogP contribution in [0.2, 0.25) is 0 Å². The minimum absolute atomic E-state index is 0.0822. The molecule has 0 fully saturated rings. The molecular formula is C31H29N3O4S3. The first-order chi connectivity index (χ1) is 19.6. The Kier molecular flexibility index (Phi) is 8.19. The molecule has 6 rings (SSSR count). The lowest BCUT2D eigenvalue weighted by Crippen LogP contribution is -2.34. The normalized spacial score (nSPS) is 14.7. The summed E-state index contributed by atoms with van der Waals surface area (Å²) in [7, 11) is -0.184. The zero-order valence-corrected chi connectivity index (χ0v) is 25.5. The number of thiazole rings is 1. The summed E-state index contributed by atoms with van der Waals surface area (Å²) in [6.45, 7) is 4.50. The van der Waals surface area contributed by atoms with E-state index in [9.17, 15) is 17.8 Å². The maximum Gasteiger partial charge on any atom is 0.271 e. The largest absolute Gasteiger partial charge is 0.744 e. The van der Waals surface area contributed by atoms with Crippen molar-refractivity contribution < 1.29 is 17.5 Å². The quantitative estimate of drug-likeness (QED) is 0.229. The highest BCUT2D eigenvalue weighted by Gasteiger charge is 2.26. The van der Waals surface area contributed by atoms with Crippen molar-refractivity contribution in [2.24, 2.45) is 7.05 Å². The van der Waals surface area contributed by atoms with E-state index in [-0.39, 0.29) is 10.5 Å². The van der Waals surface area contributed by atoms with Crippen molar-refractivity contribution >= 4 is 60.8 Å². The number of aromatic nitrogens is 2. The Bertz CT molecular complexity index is 2050. The van der Waals surface area contributed by atoms with E-state index in [4.69, 9.17) is 0 Å². The molecule has 0 aliphatic carbocycles. The van der Waals surface area contributed by atoms with Gasteiger partial charge in [0.15, 0.2) is 6.20 Å². The number of fused-ring (bicyclic) bond motifs is 3. The molecule has 1 aliphatic rings. The zero-order chi connectivity index (χ0) is 29.3. The highest BCUT2D eigenvalue weighted by atomic mass is 32.2. The Morgan fingerprint density at radius 1 is 0.976 bits per heavy atom. The SMILES string of the molecule is CCn1c(=O)/c(=C2/Sc3ccc4ccccc4c3N2C)s/c1=C/c1cccc[n+]1C.Cc1ccc(S(=O)(=O)[O-])cc1. The second kappa shape index (κ2) is 11.7. The van der Waals surface area contributed by atoms with E-state index in [1.165, 1.54) is 33.5 Å². The van der Waals surface area contributed by atoms with Crippen molar-refractivity contribution in [3.63, 3.8) is 0 Å². The highest BCUT2D eigenvalue weighted by Crippen LogP contribution is 2.48. The van der Waals surface area contributed by atoms with Gasteiger partial charge in [-0.1, -0.05) is 59.8 Å². The fourth-order valence-corrected chi connectivity index (χ4v) is 7.57. The van der Waals surface area contributed by atoms with Gasteiger partial charge in [0.2, 0.25) is 5.69 Å². The summed E-state index contributed by atoms with van der Waals surface area (Å²) in [5.41, 5.74) is 3.26. The number of benzene rings is 3. The summed E-state index contributed by atoms with van der Waals surface area (Å²) in [5, 5.41) is 3.44. The molecule has 0 spiro atoms. The molecule has 0 saturated heterocycles. The first kappa shape index (κ1) is 28.8. The van der Waals surface area contributed by atoms with E-state index in [0.717, 1.165) is 25.5 Å². The van der Waals surface area contributed by atoms with Crippen molar-refractivity contribution in [3.8, 4) is 0 Å². The minimum atomic E-state index is -4.27. The van der Waals surface area contributed by atoms with Crippen LogP contribution in [0.3, 0.4) is 0 Å². The van der Waals surface area contributed by atoms with Crippen LogP contribution in [-0.4, -0.2) is 24.6 Å². The molecule has 0 radical (unpaired) electrons. The van der Waals surface area contributed by atoms with Crippen LogP contribution < -0.4 is 24.2 Å². The second-order valence-corrected chi connectivity index (χ2v) is 13.0. The summed E-state index contributed by atoms with van der Waals surface area (Å²) in [6.07, 6.45) is 4.12. The van der Waals surface area contributed by atoms with Gasteiger partial charge in [-0.05, 0) is 43.5 Å². The Balaban J connectivity index is 0.000000259. The number of rotatable bonds is 3. The molecule has 0 atom stereocenters. The van der Waals surface area contributed by atoms with Crippen molar-refractivity contribution in [1.29, 1.82) is 0 Å². The molecule has 2 aromatic heterocycles. The lowest BCUT2D eigenvalue weighted by Gasteiger charge is -2.15. The monoisotopic (exact) mass is 603 g/mol. The highest BCUT2D eigenvalue weighted by molar-refractivity contribution is 8.08. The number of aryl methyl sites for hydroxylation is 2. The van der Waals surface area contributed by atoms with Crippen molar-refractivity contribution in [2.45, 2.75) is 30.2 Å². The van der Waals surface area contributed by atoms with Gasteiger partial charge in [0.05, 0.1) is 10.6 Å². The first-order valence-corrected chi connectivity index (χ1v) is 16.0. The third kappa shape index (κ3) is 5.87. The molecule has 10 heteroatoms. The van der Waals surface area contributed by atoms with Crippen LogP contribution in [0, 0.1) is 6.92 Å². The van der Waals surface area contributed by atoms with Gasteiger partial charge in [-0.15, -0.1) is 11.3 Å². The maximum atomic E-state index is 13.3. The molecule has 7 nitrogen and oxygen atoms in total. The Morgan fingerprint density at radius 2 is 1.68 bits per heavy atom. The van der Waals surface area contributed by atoms with Gasteiger partial charge in [-0.25, -0.2) is 13.0 Å². The predicted octanol–water partition coefficient (Wildman–Crippen LogP) is 3.94. The number of pyridine rings is 1. The maximum absolute atomic E-state index is 13.3. The first-order valence-electron chi connectivity index (χ1n) is 12.9. The summed E-state index contributed by atoms with van der Waals surface area (Å²) in [4.78, 5) is 16.5. The molecule has 41 heavy (non-hydrogen) atoms. The topological polar surface area (TPSA) is 86.3 Å². The number of nitrogens with zero attached hydrogens (tertiary/aromatic N) is 3. The molecule has 210 valence electrons. The summed E-state index contributed by atoms with van der Waals surface area (Å²) < 4.78 is 36.9. The second-order valence-electron chi connectivity index (χ2n) is 9.57. The van der Waals surface area contributed by atoms with Gasteiger partial charge < -0.3 is 9.45 Å². The molecule has 5 aromatic rings. The van der Waals surface area contributed by atoms with Crippen LogP contribution in [0.5, 0.6) is 0 Å². The van der Waals surface area contributed by atoms with E-state index >= 15 is 0 Å². The molecule has 3 aromatic carbocycles. The van der Waals surface area contributed by atoms with Gasteiger partial charge in [-0.2, -0.15) is 0 Å². The molecule has 0 amide bonds. The van der Waals surface area contributed by atoms with Crippen molar-refractivity contribution in [1.82, 2.24) is 4.57 Å². The third-order valence-corrected chi connectivity index (χ3v) is 10.1. The van der Waals surface area contributed by atoms with E-state index in [1.54, 1.807) is 35.2 Å². The summed E-state index contributed by atoms with van der Waals surface area (Å²) >= 11 is 3.26. The Labute approximate surface area is 247 Å². The van der Waals surface area contributed by atoms with Crippen molar-refractivity contribution in [2.75, 3.05) is 11.9 Å². The van der Waals surface area contributed by atoms with Gasteiger partial charge in [0.1, 0.15) is 31.4 Å². The zero-order valence-electron chi connectivity index (χ0n) is 23.1. The molecule has 0 saturated carbocycles. The van der Waals surface area contributed by atoms with Crippen LogP contribution in [0.15, 0.2) is 99.6 Å². The molecule has 3 heterocycles. The fraction of sp³-hybridized carbons (Fsp3) is 0.161. The standard InChI is InChI=1S/C24H22N3OS2.C7H8O3S/c1-4-27-20(15-17-10-7-8-14-25(17)2)30-22(23(27)28)24-26(3)21-18-11-6-5-9-16(18)12-13-19(21)29-24;1-6-2-4-7(5-3-6)11(8,9)10/h5-15H,4H2,1-3H3;2-5H,1H3,(H,8,9,10)/q+1;/p-1/b24-22-;. The van der Waals surface area contributed by atoms with Gasteiger partial charge in [0, 0.05) is 42.1 Å². The van der Waals surface area contributed by atoms with Crippen LogP contribution in [0.25, 0.3) is 21.9 Å². The Hall–Kier alpha value is -3.70. The van der Waals surface area contributed by atoms with E-state index in [0.29, 0.717) is 6.54 Å². The van der Waals surface area contributed by atoms with E-state index < -0.39 is 10.1 Å². The number of hydrogen-bond donors (Lipinski definition) is 0. The van der Waals surface area contributed by atoms with Crippen molar-refractivity contribution in [3.05, 3.63) is 116 Å². The van der Waals surface area contributed by atoms with Crippen LogP contribution in [0.1, 0.15) is 18.2 Å². The summed E-state index contributed by atoms with van der Waals surface area (Å²) in [5.74, 6) is 0. The lowest BCUT2D eigenvalue weighted by atomic mass is 10.1. The lowest BCUT2D eigenvalue weighted by molar-refractivity contribution is -0.673. The van der Waals surface area contributed by atoms with Crippen LogP contribution in [-0.2, 0) is 23.7 Å². The average Bonchev–Trinajstić information content (AvgIpc) is 3.45. The van der Waals surface area contributed by atoms with Crippen LogP contribution >= 0.6 is 23.1 Å². The third-order valence-electron chi connectivity index (χ3n) is 6.81. The van der Waals surface area contributed by atoms with E-state index in [1.807, 2.05) is 43.8 Å². The smallest absolute Gasteiger partial charge is 0.271 e.